The molecule has 0 unspecified atom stereocenters. The van der Waals surface area contributed by atoms with Gasteiger partial charge in [-0.05, 0) is 36.4 Å². The van der Waals surface area contributed by atoms with Gasteiger partial charge in [0.1, 0.15) is 12.4 Å². The van der Waals surface area contributed by atoms with Gasteiger partial charge in [0.2, 0.25) is 0 Å². The minimum atomic E-state index is 0. The van der Waals surface area contributed by atoms with Gasteiger partial charge < -0.3 is 16.0 Å². The zero-order valence-electron chi connectivity index (χ0n) is 12.9. The third kappa shape index (κ3) is 4.68. The van der Waals surface area contributed by atoms with Crippen molar-refractivity contribution in [1.82, 2.24) is 15.3 Å². The highest BCUT2D eigenvalue weighted by Gasteiger charge is 2.04. The Hall–Kier alpha value is -1.61. The third-order valence-electron chi connectivity index (χ3n) is 3.42. The molecule has 0 bridgehead atoms. The Kier molecular flexibility index (Phi) is 6.40. The highest BCUT2D eigenvalue weighted by Crippen LogP contribution is 2.15. The minimum absolute atomic E-state index is 0. The molecule has 0 saturated heterocycles. The van der Waals surface area contributed by atoms with Crippen LogP contribution in [0.3, 0.4) is 0 Å². The standard InChI is InChI=1S/C16H19N5S.HI/c1-11-4-2-6-13-15(11)21-14(20-13)10-19-16(17)18-8-7-12-5-3-9-22-12;/h2-6,9H,7-8,10H2,1H3,(H,20,21)(H3,17,18,19);1H. The summed E-state index contributed by atoms with van der Waals surface area (Å²) in [6, 6.07) is 10.3. The Morgan fingerprint density at radius 3 is 2.96 bits per heavy atom. The predicted octanol–water partition coefficient (Wildman–Crippen LogP) is 3.20. The molecule has 3 rings (SSSR count). The first-order chi connectivity index (χ1) is 10.7. The Morgan fingerprint density at radius 1 is 1.35 bits per heavy atom. The Labute approximate surface area is 156 Å². The van der Waals surface area contributed by atoms with Crippen molar-refractivity contribution in [2.24, 2.45) is 10.7 Å². The van der Waals surface area contributed by atoms with Crippen molar-refractivity contribution < 1.29 is 0 Å². The zero-order valence-corrected chi connectivity index (χ0v) is 16.0. The lowest BCUT2D eigenvalue weighted by Gasteiger charge is -2.03. The number of thiophene rings is 1. The average molecular weight is 441 g/mol. The molecule has 7 heteroatoms. The maximum absolute atomic E-state index is 5.89. The lowest BCUT2D eigenvalue weighted by Crippen LogP contribution is -2.33. The average Bonchev–Trinajstić information content (AvgIpc) is 3.15. The molecule has 0 saturated carbocycles. The first kappa shape index (κ1) is 17.7. The monoisotopic (exact) mass is 441 g/mol. The summed E-state index contributed by atoms with van der Waals surface area (Å²) in [4.78, 5) is 13.5. The second kappa shape index (κ2) is 8.30. The van der Waals surface area contributed by atoms with Gasteiger partial charge in [0.25, 0.3) is 0 Å². The molecule has 0 aliphatic heterocycles. The van der Waals surface area contributed by atoms with Crippen molar-refractivity contribution in [1.29, 1.82) is 0 Å². The largest absolute Gasteiger partial charge is 0.370 e. The summed E-state index contributed by atoms with van der Waals surface area (Å²) >= 11 is 1.75. The maximum Gasteiger partial charge on any atom is 0.189 e. The predicted molar refractivity (Wildman–Crippen MR) is 108 cm³/mol. The second-order valence-corrected chi connectivity index (χ2v) is 6.14. The van der Waals surface area contributed by atoms with E-state index in [-0.39, 0.29) is 24.0 Å². The van der Waals surface area contributed by atoms with E-state index in [4.69, 9.17) is 5.73 Å². The van der Waals surface area contributed by atoms with Crippen LogP contribution in [0.25, 0.3) is 11.0 Å². The van der Waals surface area contributed by atoms with Gasteiger partial charge in [-0.1, -0.05) is 18.2 Å². The Balaban J connectivity index is 0.00000192. The number of fused-ring (bicyclic) bond motifs is 1. The summed E-state index contributed by atoms with van der Waals surface area (Å²) in [6.45, 7) is 3.29. The van der Waals surface area contributed by atoms with E-state index >= 15 is 0 Å². The summed E-state index contributed by atoms with van der Waals surface area (Å²) in [6.07, 6.45) is 0.956. The van der Waals surface area contributed by atoms with Gasteiger partial charge >= 0.3 is 0 Å². The summed E-state index contributed by atoms with van der Waals surface area (Å²) in [5, 5.41) is 5.21. The number of para-hydroxylation sites is 1. The number of nitrogens with two attached hydrogens (primary N) is 1. The van der Waals surface area contributed by atoms with Gasteiger partial charge in [0.05, 0.1) is 11.0 Å². The summed E-state index contributed by atoms with van der Waals surface area (Å²) < 4.78 is 0. The molecule has 2 aromatic heterocycles. The van der Waals surface area contributed by atoms with E-state index in [0.29, 0.717) is 12.5 Å². The smallest absolute Gasteiger partial charge is 0.189 e. The number of aryl methyl sites for hydroxylation is 1. The molecule has 2 heterocycles. The number of aromatic nitrogens is 2. The molecule has 122 valence electrons. The number of nitrogens with one attached hydrogen (secondary N) is 2. The van der Waals surface area contributed by atoms with E-state index in [0.717, 1.165) is 35.4 Å². The number of guanidine groups is 1. The van der Waals surface area contributed by atoms with E-state index in [2.05, 4.69) is 50.8 Å². The molecule has 0 atom stereocenters. The van der Waals surface area contributed by atoms with Crippen LogP contribution in [-0.4, -0.2) is 22.5 Å². The molecule has 0 aliphatic carbocycles. The molecular weight excluding hydrogens is 421 g/mol. The van der Waals surface area contributed by atoms with E-state index in [9.17, 15) is 0 Å². The number of nitrogens with zero attached hydrogens (tertiary/aromatic N) is 2. The number of imidazole rings is 1. The van der Waals surface area contributed by atoms with Crippen LogP contribution in [0.1, 0.15) is 16.3 Å². The maximum atomic E-state index is 5.89. The van der Waals surface area contributed by atoms with E-state index in [1.54, 1.807) is 11.3 Å². The van der Waals surface area contributed by atoms with Crippen molar-refractivity contribution in [2.75, 3.05) is 6.54 Å². The molecule has 1 aromatic carbocycles. The van der Waals surface area contributed by atoms with Crippen molar-refractivity contribution in [3.05, 3.63) is 52.0 Å². The highest BCUT2D eigenvalue weighted by atomic mass is 127. The number of halogens is 1. The molecule has 5 nitrogen and oxygen atoms in total. The van der Waals surface area contributed by atoms with Crippen LogP contribution in [-0.2, 0) is 13.0 Å². The summed E-state index contributed by atoms with van der Waals surface area (Å²) in [7, 11) is 0. The summed E-state index contributed by atoms with van der Waals surface area (Å²) in [5.74, 6) is 1.28. The molecule has 23 heavy (non-hydrogen) atoms. The van der Waals surface area contributed by atoms with Crippen LogP contribution in [0.15, 0.2) is 40.7 Å². The normalized spacial score (nSPS) is 11.4. The molecule has 0 fully saturated rings. The fourth-order valence-corrected chi connectivity index (χ4v) is 3.00. The van der Waals surface area contributed by atoms with Crippen LogP contribution >= 0.6 is 35.3 Å². The van der Waals surface area contributed by atoms with Crippen molar-refractivity contribution in [2.45, 2.75) is 19.9 Å². The van der Waals surface area contributed by atoms with E-state index in [1.165, 1.54) is 4.88 Å². The lowest BCUT2D eigenvalue weighted by atomic mass is 10.2. The van der Waals surface area contributed by atoms with Crippen LogP contribution in [0.4, 0.5) is 0 Å². The van der Waals surface area contributed by atoms with Crippen molar-refractivity contribution in [3.8, 4) is 0 Å². The fourth-order valence-electron chi connectivity index (χ4n) is 2.29. The molecule has 3 aromatic rings. The van der Waals surface area contributed by atoms with Crippen LogP contribution in [0.2, 0.25) is 0 Å². The number of hydrogen-bond acceptors (Lipinski definition) is 3. The molecule has 0 amide bonds. The SMILES string of the molecule is Cc1cccc2[nH]c(CN=C(N)NCCc3cccs3)nc12.I. The molecule has 0 aliphatic rings. The number of H-pyrrole nitrogens is 1. The molecule has 0 radical (unpaired) electrons. The Morgan fingerprint density at radius 2 is 2.22 bits per heavy atom. The Bertz CT molecular complexity index is 779. The third-order valence-corrected chi connectivity index (χ3v) is 4.36. The number of benzene rings is 1. The molecular formula is C16H20IN5S. The van der Waals surface area contributed by atoms with Gasteiger partial charge in [-0.3, -0.25) is 0 Å². The van der Waals surface area contributed by atoms with Gasteiger partial charge in [0.15, 0.2) is 5.96 Å². The van der Waals surface area contributed by atoms with Gasteiger partial charge in [0, 0.05) is 11.4 Å². The van der Waals surface area contributed by atoms with E-state index < -0.39 is 0 Å². The van der Waals surface area contributed by atoms with Crippen LogP contribution < -0.4 is 11.1 Å². The highest BCUT2D eigenvalue weighted by molar-refractivity contribution is 14.0. The second-order valence-electron chi connectivity index (χ2n) is 5.11. The first-order valence-electron chi connectivity index (χ1n) is 7.23. The van der Waals surface area contributed by atoms with E-state index in [1.807, 2.05) is 12.1 Å². The van der Waals surface area contributed by atoms with Crippen LogP contribution in [0.5, 0.6) is 0 Å². The zero-order chi connectivity index (χ0) is 15.4. The number of rotatable bonds is 5. The molecule has 4 N–H and O–H groups in total. The number of aromatic amines is 1. The fraction of sp³-hybridized carbons (Fsp3) is 0.250. The quantitative estimate of drug-likeness (QED) is 0.323. The first-order valence-corrected chi connectivity index (χ1v) is 8.11. The van der Waals surface area contributed by atoms with Gasteiger partial charge in [-0.25, -0.2) is 9.98 Å². The van der Waals surface area contributed by atoms with Crippen molar-refractivity contribution in [3.63, 3.8) is 0 Å². The van der Waals surface area contributed by atoms with Crippen LogP contribution in [0, 0.1) is 6.92 Å². The topological polar surface area (TPSA) is 79.1 Å². The number of hydrogen-bond donors (Lipinski definition) is 3. The number of aliphatic imine (C=N–C) groups is 1. The lowest BCUT2D eigenvalue weighted by molar-refractivity contribution is 0.849. The van der Waals surface area contributed by atoms with Gasteiger partial charge in [-0.2, -0.15) is 0 Å². The minimum Gasteiger partial charge on any atom is -0.370 e. The van der Waals surface area contributed by atoms with Crippen molar-refractivity contribution >= 4 is 52.3 Å². The summed E-state index contributed by atoms with van der Waals surface area (Å²) in [5.41, 5.74) is 9.08. The van der Waals surface area contributed by atoms with Gasteiger partial charge in [-0.15, -0.1) is 35.3 Å². The molecule has 0 spiro atoms.